The number of rotatable bonds is 4. The zero-order valence-corrected chi connectivity index (χ0v) is 12.0. The molecule has 20 heavy (non-hydrogen) atoms. The van der Waals surface area contributed by atoms with Gasteiger partial charge in [0.2, 0.25) is 0 Å². The van der Waals surface area contributed by atoms with Crippen LogP contribution in [-0.4, -0.2) is 42.8 Å². The molecule has 1 fully saturated rings. The summed E-state index contributed by atoms with van der Waals surface area (Å²) in [5, 5.41) is 12.9. The van der Waals surface area contributed by atoms with Gasteiger partial charge in [-0.3, -0.25) is 4.90 Å². The van der Waals surface area contributed by atoms with Crippen molar-refractivity contribution in [3.05, 3.63) is 35.4 Å². The Hall–Kier alpha value is -1.04. The van der Waals surface area contributed by atoms with Crippen molar-refractivity contribution in [3.63, 3.8) is 0 Å². The van der Waals surface area contributed by atoms with Gasteiger partial charge < -0.3 is 10.4 Å². The number of nitrogens with zero attached hydrogens (tertiary/aromatic N) is 1. The van der Waals surface area contributed by atoms with Crippen LogP contribution < -0.4 is 5.32 Å². The minimum atomic E-state index is -0.625. The number of nitrogens with one attached hydrogen (secondary N) is 1. The molecule has 1 aliphatic rings. The maximum absolute atomic E-state index is 14.2. The van der Waals surface area contributed by atoms with Crippen molar-refractivity contribution in [2.45, 2.75) is 19.9 Å². The van der Waals surface area contributed by atoms with E-state index in [2.05, 4.69) is 5.32 Å². The second kappa shape index (κ2) is 6.16. The molecule has 5 heteroatoms. The molecule has 0 aliphatic carbocycles. The largest absolute Gasteiger partial charge is 0.396 e. The van der Waals surface area contributed by atoms with Crippen molar-refractivity contribution >= 4 is 0 Å². The summed E-state index contributed by atoms with van der Waals surface area (Å²) in [6.45, 7) is 6.54. The maximum atomic E-state index is 14.2. The fourth-order valence-corrected chi connectivity index (χ4v) is 2.87. The summed E-state index contributed by atoms with van der Waals surface area (Å²) in [6, 6.07) is 3.45. The molecule has 2 rings (SSSR count). The summed E-state index contributed by atoms with van der Waals surface area (Å²) in [7, 11) is 0. The van der Waals surface area contributed by atoms with E-state index in [9.17, 15) is 13.9 Å². The summed E-state index contributed by atoms with van der Waals surface area (Å²) < 4.78 is 28.3. The van der Waals surface area contributed by atoms with E-state index in [-0.39, 0.29) is 12.2 Å². The predicted octanol–water partition coefficient (Wildman–Crippen LogP) is 1.93. The molecule has 1 atom stereocenters. The number of hydrogen-bond acceptors (Lipinski definition) is 3. The first-order chi connectivity index (χ1) is 9.47. The molecular weight excluding hydrogens is 262 g/mol. The number of aliphatic hydroxyl groups is 1. The van der Waals surface area contributed by atoms with Crippen molar-refractivity contribution in [1.29, 1.82) is 0 Å². The van der Waals surface area contributed by atoms with Crippen LogP contribution in [0.2, 0.25) is 0 Å². The molecule has 1 saturated heterocycles. The maximum Gasteiger partial charge on any atom is 0.130 e. The fraction of sp³-hybridized carbons (Fsp3) is 0.600. The lowest BCUT2D eigenvalue weighted by Gasteiger charge is -2.43. The van der Waals surface area contributed by atoms with E-state index in [0.29, 0.717) is 13.1 Å². The highest BCUT2D eigenvalue weighted by Gasteiger charge is 2.38. The second-order valence-corrected chi connectivity index (χ2v) is 5.97. The van der Waals surface area contributed by atoms with Gasteiger partial charge in [0.05, 0.1) is 0 Å². The minimum Gasteiger partial charge on any atom is -0.396 e. The number of piperazine rings is 1. The fourth-order valence-electron chi connectivity index (χ4n) is 2.87. The van der Waals surface area contributed by atoms with Crippen molar-refractivity contribution in [2.24, 2.45) is 5.41 Å². The number of benzene rings is 1. The molecule has 0 radical (unpaired) electrons. The SMILES string of the molecule is CC(C)(CO)[C@H](c1c(F)cccc1F)N1CCNCC1. The highest BCUT2D eigenvalue weighted by molar-refractivity contribution is 5.25. The van der Waals surface area contributed by atoms with Gasteiger partial charge in [-0.1, -0.05) is 19.9 Å². The van der Waals surface area contributed by atoms with E-state index in [1.807, 2.05) is 18.7 Å². The van der Waals surface area contributed by atoms with E-state index in [0.717, 1.165) is 13.1 Å². The Balaban J connectivity index is 2.45. The third-order valence-corrected chi connectivity index (χ3v) is 3.94. The molecule has 0 amide bonds. The Morgan fingerprint density at radius 2 is 1.80 bits per heavy atom. The molecular formula is C15H22F2N2O. The van der Waals surface area contributed by atoms with Crippen LogP contribution in [0.3, 0.4) is 0 Å². The lowest BCUT2D eigenvalue weighted by Crippen LogP contribution is -2.50. The third-order valence-electron chi connectivity index (χ3n) is 3.94. The first-order valence-corrected chi connectivity index (χ1v) is 6.97. The van der Waals surface area contributed by atoms with E-state index in [1.165, 1.54) is 18.2 Å². The average molecular weight is 284 g/mol. The molecule has 0 spiro atoms. The lowest BCUT2D eigenvalue weighted by molar-refractivity contribution is 0.0266. The highest BCUT2D eigenvalue weighted by atomic mass is 19.1. The normalized spacial score (nSPS) is 19.1. The molecule has 3 nitrogen and oxygen atoms in total. The minimum absolute atomic E-state index is 0.0634. The van der Waals surface area contributed by atoms with Gasteiger partial charge in [-0.25, -0.2) is 8.78 Å². The van der Waals surface area contributed by atoms with Crippen LogP contribution in [-0.2, 0) is 0 Å². The first-order valence-electron chi connectivity index (χ1n) is 6.97. The van der Waals surface area contributed by atoms with Crippen LogP contribution in [0.25, 0.3) is 0 Å². The van der Waals surface area contributed by atoms with Crippen LogP contribution in [0.15, 0.2) is 18.2 Å². The zero-order chi connectivity index (χ0) is 14.8. The first kappa shape index (κ1) is 15.4. The molecule has 2 N–H and O–H groups in total. The summed E-state index contributed by atoms with van der Waals surface area (Å²) in [5.41, 5.74) is -0.561. The molecule has 1 aromatic rings. The summed E-state index contributed by atoms with van der Waals surface area (Å²) in [5.74, 6) is -1.09. The van der Waals surface area contributed by atoms with Gasteiger partial charge in [-0.15, -0.1) is 0 Å². The standard InChI is InChI=1S/C15H22F2N2O/c1-15(2,10-20)14(19-8-6-18-7-9-19)13-11(16)4-3-5-12(13)17/h3-5,14,18,20H,6-10H2,1-2H3/t14-/m0/s1. The number of aliphatic hydroxyl groups excluding tert-OH is 1. The predicted molar refractivity (Wildman–Crippen MR) is 74.4 cm³/mol. The van der Waals surface area contributed by atoms with Gasteiger partial charge in [0.25, 0.3) is 0 Å². The Bertz CT molecular complexity index is 439. The summed E-state index contributed by atoms with van der Waals surface area (Å²) >= 11 is 0. The number of hydrogen-bond donors (Lipinski definition) is 2. The molecule has 0 unspecified atom stereocenters. The van der Waals surface area contributed by atoms with Gasteiger partial charge in [0.15, 0.2) is 0 Å². The molecule has 0 saturated carbocycles. The average Bonchev–Trinajstić information content (AvgIpc) is 2.43. The molecule has 1 aromatic carbocycles. The topological polar surface area (TPSA) is 35.5 Å². The monoisotopic (exact) mass is 284 g/mol. The van der Waals surface area contributed by atoms with Crippen molar-refractivity contribution in [2.75, 3.05) is 32.8 Å². The highest BCUT2D eigenvalue weighted by Crippen LogP contribution is 2.40. The Kier molecular flexibility index (Phi) is 4.73. The lowest BCUT2D eigenvalue weighted by atomic mass is 9.79. The van der Waals surface area contributed by atoms with Gasteiger partial charge in [-0.2, -0.15) is 0 Å². The van der Waals surface area contributed by atoms with Gasteiger partial charge >= 0.3 is 0 Å². The molecule has 0 bridgehead atoms. The van der Waals surface area contributed by atoms with E-state index in [4.69, 9.17) is 0 Å². The van der Waals surface area contributed by atoms with Gasteiger partial charge in [-0.05, 0) is 12.1 Å². The Morgan fingerprint density at radius 1 is 1.25 bits per heavy atom. The molecule has 1 aliphatic heterocycles. The molecule has 112 valence electrons. The molecule has 1 heterocycles. The second-order valence-electron chi connectivity index (χ2n) is 5.97. The zero-order valence-electron chi connectivity index (χ0n) is 12.0. The van der Waals surface area contributed by atoms with E-state index in [1.54, 1.807) is 0 Å². The van der Waals surface area contributed by atoms with Crippen LogP contribution in [0.5, 0.6) is 0 Å². The smallest absolute Gasteiger partial charge is 0.130 e. The third kappa shape index (κ3) is 3.00. The summed E-state index contributed by atoms with van der Waals surface area (Å²) in [4.78, 5) is 2.05. The summed E-state index contributed by atoms with van der Waals surface area (Å²) in [6.07, 6.45) is 0. The molecule has 0 aromatic heterocycles. The van der Waals surface area contributed by atoms with Crippen LogP contribution >= 0.6 is 0 Å². The van der Waals surface area contributed by atoms with Crippen LogP contribution in [0.4, 0.5) is 8.78 Å². The van der Waals surface area contributed by atoms with Crippen LogP contribution in [0, 0.1) is 17.0 Å². The van der Waals surface area contributed by atoms with Crippen molar-refractivity contribution in [1.82, 2.24) is 10.2 Å². The quantitative estimate of drug-likeness (QED) is 0.887. The van der Waals surface area contributed by atoms with Crippen molar-refractivity contribution < 1.29 is 13.9 Å². The van der Waals surface area contributed by atoms with E-state index < -0.39 is 23.1 Å². The Labute approximate surface area is 118 Å². The van der Waals surface area contributed by atoms with Gasteiger partial charge in [0.1, 0.15) is 11.6 Å². The van der Waals surface area contributed by atoms with Crippen LogP contribution in [0.1, 0.15) is 25.5 Å². The van der Waals surface area contributed by atoms with Gasteiger partial charge in [0, 0.05) is 49.8 Å². The van der Waals surface area contributed by atoms with E-state index >= 15 is 0 Å². The number of halogens is 2. The Morgan fingerprint density at radius 3 is 2.30 bits per heavy atom. The van der Waals surface area contributed by atoms with Crippen molar-refractivity contribution in [3.8, 4) is 0 Å².